The number of halogens is 1. The smallest absolute Gasteiger partial charge is 0.181 e. The van der Waals surface area contributed by atoms with Crippen molar-refractivity contribution in [1.82, 2.24) is 0 Å². The molecule has 1 aromatic carbocycles. The Morgan fingerprint density at radius 3 is 2.59 bits per heavy atom. The summed E-state index contributed by atoms with van der Waals surface area (Å²) >= 11 is 3.20. The van der Waals surface area contributed by atoms with Crippen LogP contribution >= 0.6 is 15.9 Å². The van der Waals surface area contributed by atoms with Crippen LogP contribution in [0.15, 0.2) is 27.6 Å². The van der Waals surface area contributed by atoms with E-state index >= 15 is 0 Å². The first kappa shape index (κ1) is 14.5. The van der Waals surface area contributed by atoms with E-state index in [0.717, 1.165) is 0 Å². The second-order valence-electron chi connectivity index (χ2n) is 3.93. The minimum Gasteiger partial charge on any atom is -0.399 e. The maximum atomic E-state index is 12.0. The lowest BCUT2D eigenvalue weighted by molar-refractivity contribution is 0.0912. The first-order valence-electron chi connectivity index (χ1n) is 5.22. The minimum absolute atomic E-state index is 0.0278. The van der Waals surface area contributed by atoms with Crippen molar-refractivity contribution in [2.75, 3.05) is 18.1 Å². The number of hydrogen-bond acceptors (Lipinski definition) is 4. The zero-order chi connectivity index (χ0) is 13.1. The van der Waals surface area contributed by atoms with Gasteiger partial charge in [0.2, 0.25) is 0 Å². The van der Waals surface area contributed by atoms with Crippen LogP contribution in [0.2, 0.25) is 0 Å². The molecule has 0 saturated carbocycles. The van der Waals surface area contributed by atoms with Crippen molar-refractivity contribution in [2.24, 2.45) is 0 Å². The molecule has 0 unspecified atom stereocenters. The summed E-state index contributed by atoms with van der Waals surface area (Å²) in [6, 6.07) is 4.65. The molecule has 4 nitrogen and oxygen atoms in total. The monoisotopic (exact) mass is 321 g/mol. The molecule has 1 rings (SSSR count). The summed E-state index contributed by atoms with van der Waals surface area (Å²) in [4.78, 5) is 0.249. The van der Waals surface area contributed by atoms with Gasteiger partial charge in [-0.15, -0.1) is 0 Å². The summed E-state index contributed by atoms with van der Waals surface area (Å²) < 4.78 is 29.7. The Morgan fingerprint density at radius 1 is 1.41 bits per heavy atom. The van der Waals surface area contributed by atoms with Crippen LogP contribution in [-0.2, 0) is 14.6 Å². The van der Waals surface area contributed by atoms with Crippen LogP contribution in [0.25, 0.3) is 0 Å². The molecule has 0 atom stereocenters. The van der Waals surface area contributed by atoms with E-state index in [9.17, 15) is 8.42 Å². The fourth-order valence-corrected chi connectivity index (χ4v) is 3.58. The summed E-state index contributed by atoms with van der Waals surface area (Å²) in [5.41, 5.74) is 6.08. The molecule has 6 heteroatoms. The maximum Gasteiger partial charge on any atom is 0.181 e. The average Bonchev–Trinajstić information content (AvgIpc) is 2.15. The molecule has 0 aliphatic carbocycles. The number of ether oxygens (including phenoxy) is 1. The minimum atomic E-state index is -3.33. The third-order valence-electron chi connectivity index (χ3n) is 2.09. The Bertz CT molecular complexity index is 485. The van der Waals surface area contributed by atoms with Crippen molar-refractivity contribution in [2.45, 2.75) is 24.8 Å². The van der Waals surface area contributed by atoms with Crippen molar-refractivity contribution in [3.05, 3.63) is 22.7 Å². The molecule has 1 aromatic rings. The molecule has 0 saturated heterocycles. The Labute approximate surface area is 110 Å². The number of nitrogen functional groups attached to an aromatic ring is 1. The van der Waals surface area contributed by atoms with Gasteiger partial charge in [-0.25, -0.2) is 8.42 Å². The first-order chi connectivity index (χ1) is 7.83. The zero-order valence-electron chi connectivity index (χ0n) is 9.81. The molecule has 0 amide bonds. The molecular weight excluding hydrogens is 306 g/mol. The summed E-state index contributed by atoms with van der Waals surface area (Å²) in [6.07, 6.45) is 0.0278. The van der Waals surface area contributed by atoms with Gasteiger partial charge in [0.15, 0.2) is 9.84 Å². The highest BCUT2D eigenvalue weighted by atomic mass is 79.9. The second-order valence-corrected chi connectivity index (χ2v) is 6.86. The fraction of sp³-hybridized carbons (Fsp3) is 0.455. The number of rotatable bonds is 5. The predicted molar refractivity (Wildman–Crippen MR) is 71.7 cm³/mol. The van der Waals surface area contributed by atoms with Crippen LogP contribution in [0.1, 0.15) is 13.8 Å². The van der Waals surface area contributed by atoms with Crippen LogP contribution in [0, 0.1) is 0 Å². The topological polar surface area (TPSA) is 69.4 Å². The molecule has 0 fully saturated rings. The van der Waals surface area contributed by atoms with Crippen molar-refractivity contribution in [3.8, 4) is 0 Å². The fourth-order valence-electron chi connectivity index (χ4n) is 1.27. The molecule has 0 heterocycles. The van der Waals surface area contributed by atoms with Gasteiger partial charge in [0, 0.05) is 10.2 Å². The highest BCUT2D eigenvalue weighted by Gasteiger charge is 2.17. The maximum absolute atomic E-state index is 12.0. The number of benzene rings is 1. The van der Waals surface area contributed by atoms with Gasteiger partial charge in [-0.2, -0.15) is 0 Å². The third kappa shape index (κ3) is 4.29. The van der Waals surface area contributed by atoms with E-state index in [-0.39, 0.29) is 23.4 Å². The number of hydrogen-bond donors (Lipinski definition) is 1. The van der Waals surface area contributed by atoms with E-state index in [4.69, 9.17) is 10.5 Å². The van der Waals surface area contributed by atoms with Crippen molar-refractivity contribution in [3.63, 3.8) is 0 Å². The highest BCUT2D eigenvalue weighted by Crippen LogP contribution is 2.25. The lowest BCUT2D eigenvalue weighted by Gasteiger charge is -2.09. The van der Waals surface area contributed by atoms with Crippen molar-refractivity contribution < 1.29 is 13.2 Å². The standard InChI is InChI=1S/C11H16BrNO3S/c1-8(2)16-5-6-17(14,15)11-4-3-9(13)7-10(11)12/h3-4,7-8H,5-6,13H2,1-2H3. The Kier molecular flexibility index (Phi) is 4.97. The molecule has 0 aliphatic heterocycles. The average molecular weight is 322 g/mol. The SMILES string of the molecule is CC(C)OCCS(=O)(=O)c1ccc(N)cc1Br. The summed E-state index contributed by atoms with van der Waals surface area (Å²) in [7, 11) is -3.33. The van der Waals surface area contributed by atoms with E-state index in [0.29, 0.717) is 10.2 Å². The first-order valence-corrected chi connectivity index (χ1v) is 7.67. The molecular formula is C11H16BrNO3S. The lowest BCUT2D eigenvalue weighted by Crippen LogP contribution is -2.15. The quantitative estimate of drug-likeness (QED) is 0.844. The van der Waals surface area contributed by atoms with E-state index in [2.05, 4.69) is 15.9 Å². The largest absolute Gasteiger partial charge is 0.399 e. The van der Waals surface area contributed by atoms with Gasteiger partial charge in [0.25, 0.3) is 0 Å². The summed E-state index contributed by atoms with van der Waals surface area (Å²) in [5, 5.41) is 0. The second kappa shape index (κ2) is 5.84. The van der Waals surface area contributed by atoms with Crippen molar-refractivity contribution in [1.29, 1.82) is 0 Å². The van der Waals surface area contributed by atoms with Gasteiger partial charge in [0.05, 0.1) is 23.4 Å². The number of anilines is 1. The summed E-state index contributed by atoms with van der Waals surface area (Å²) in [6.45, 7) is 3.92. The Balaban J connectivity index is 2.83. The Morgan fingerprint density at radius 2 is 2.06 bits per heavy atom. The molecule has 0 aromatic heterocycles. The van der Waals surface area contributed by atoms with Gasteiger partial charge in [0.1, 0.15) is 0 Å². The van der Waals surface area contributed by atoms with Gasteiger partial charge >= 0.3 is 0 Å². The molecule has 0 radical (unpaired) electrons. The molecule has 0 spiro atoms. The van der Waals surface area contributed by atoms with Crippen molar-refractivity contribution >= 4 is 31.5 Å². The van der Waals surface area contributed by atoms with E-state index in [1.165, 1.54) is 6.07 Å². The molecule has 0 aliphatic rings. The van der Waals surface area contributed by atoms with Crippen LogP contribution in [0.4, 0.5) is 5.69 Å². The van der Waals surface area contributed by atoms with E-state index < -0.39 is 9.84 Å². The normalized spacial score (nSPS) is 12.0. The molecule has 0 bridgehead atoms. The molecule has 2 N–H and O–H groups in total. The molecule has 17 heavy (non-hydrogen) atoms. The van der Waals surface area contributed by atoms with Gasteiger partial charge in [-0.05, 0) is 48.0 Å². The summed E-state index contributed by atoms with van der Waals surface area (Å²) in [5.74, 6) is -0.0340. The molecule has 96 valence electrons. The number of sulfone groups is 1. The van der Waals surface area contributed by atoms with Gasteiger partial charge < -0.3 is 10.5 Å². The third-order valence-corrected chi connectivity index (χ3v) is 4.74. The van der Waals surface area contributed by atoms with Gasteiger partial charge in [-0.1, -0.05) is 0 Å². The Hall–Kier alpha value is -0.590. The van der Waals surface area contributed by atoms with E-state index in [1.54, 1.807) is 12.1 Å². The highest BCUT2D eigenvalue weighted by molar-refractivity contribution is 9.10. The van der Waals surface area contributed by atoms with Crippen LogP contribution < -0.4 is 5.73 Å². The number of nitrogens with two attached hydrogens (primary N) is 1. The van der Waals surface area contributed by atoms with Crippen LogP contribution in [-0.4, -0.2) is 26.9 Å². The predicted octanol–water partition coefficient (Wildman–Crippen LogP) is 2.23. The van der Waals surface area contributed by atoms with Crippen LogP contribution in [0.3, 0.4) is 0 Å². The van der Waals surface area contributed by atoms with E-state index in [1.807, 2.05) is 13.8 Å². The zero-order valence-corrected chi connectivity index (χ0v) is 12.2. The lowest BCUT2D eigenvalue weighted by atomic mass is 10.3. The van der Waals surface area contributed by atoms with Crippen LogP contribution in [0.5, 0.6) is 0 Å². The van der Waals surface area contributed by atoms with Gasteiger partial charge in [-0.3, -0.25) is 0 Å².